The number of hydrogen-bond donors (Lipinski definition) is 1. The number of alkyl halides is 1. The second-order valence-electron chi connectivity index (χ2n) is 9.31. The lowest BCUT2D eigenvalue weighted by Gasteiger charge is -2.45. The zero-order valence-corrected chi connectivity index (χ0v) is 18.6. The molecule has 2 heterocycles. The number of esters is 1. The summed E-state index contributed by atoms with van der Waals surface area (Å²) in [6, 6.07) is 7.46. The Morgan fingerprint density at radius 3 is 2.65 bits per heavy atom. The monoisotopic (exact) mass is 445 g/mol. The molecule has 3 unspecified atom stereocenters. The predicted molar refractivity (Wildman–Crippen MR) is 115 cm³/mol. The molecular weight excluding hydrogens is 418 g/mol. The molecule has 6 nitrogen and oxygen atoms in total. The molecule has 0 aromatic heterocycles. The smallest absolute Gasteiger partial charge is 0.338 e. The molecule has 1 saturated carbocycles. The fraction of sp³-hybridized carbons (Fsp3) is 0.583. The Morgan fingerprint density at radius 2 is 2.06 bits per heavy atom. The SMILES string of the molecule is COc1ccc(CN2C(=O)[C@H](CCCl)C3(C)C24C(=O)O[C@@]34[C@@H](O)C2C=CCCC2)cc1. The van der Waals surface area contributed by atoms with Crippen LogP contribution < -0.4 is 4.74 Å². The fourth-order valence-electron chi connectivity index (χ4n) is 6.75. The van der Waals surface area contributed by atoms with Gasteiger partial charge in [-0.25, -0.2) is 4.79 Å². The Hall–Kier alpha value is -2.05. The van der Waals surface area contributed by atoms with Crippen LogP contribution >= 0.6 is 11.6 Å². The number of piperidine rings is 1. The molecule has 1 spiro atoms. The van der Waals surface area contributed by atoms with Gasteiger partial charge in [-0.1, -0.05) is 31.2 Å². The van der Waals surface area contributed by atoms with Gasteiger partial charge in [-0.05, 0) is 43.4 Å². The highest BCUT2D eigenvalue weighted by Gasteiger charge is 3.07. The summed E-state index contributed by atoms with van der Waals surface area (Å²) in [6.45, 7) is 2.21. The first-order chi connectivity index (χ1) is 14.9. The van der Waals surface area contributed by atoms with Crippen LogP contribution in [0.5, 0.6) is 5.75 Å². The summed E-state index contributed by atoms with van der Waals surface area (Å²) in [5.74, 6) is -0.0109. The molecule has 2 aliphatic heterocycles. The Balaban J connectivity index is 1.54. The average Bonchev–Trinajstić information content (AvgIpc) is 3.10. The van der Waals surface area contributed by atoms with E-state index in [9.17, 15) is 14.7 Å². The van der Waals surface area contributed by atoms with Gasteiger partial charge in [0, 0.05) is 18.3 Å². The van der Waals surface area contributed by atoms with Crippen molar-refractivity contribution >= 4 is 23.5 Å². The maximum Gasteiger partial charge on any atom is 0.338 e. The minimum absolute atomic E-state index is 0.0855. The average molecular weight is 446 g/mol. The molecule has 0 bridgehead atoms. The van der Waals surface area contributed by atoms with Gasteiger partial charge in [-0.15, -0.1) is 11.6 Å². The predicted octanol–water partition coefficient (Wildman–Crippen LogP) is 3.05. The Bertz CT molecular complexity index is 948. The van der Waals surface area contributed by atoms with Crippen LogP contribution in [0.4, 0.5) is 0 Å². The molecule has 2 aliphatic carbocycles. The molecule has 1 N–H and O–H groups in total. The van der Waals surface area contributed by atoms with Crippen molar-refractivity contribution in [2.24, 2.45) is 17.3 Å². The number of carbonyl (C=O) groups is 2. The fourth-order valence-corrected chi connectivity index (χ4v) is 6.97. The highest BCUT2D eigenvalue weighted by molar-refractivity contribution is 6.18. The molecule has 5 rings (SSSR count). The maximum absolute atomic E-state index is 13.5. The number of aliphatic hydroxyl groups is 1. The molecule has 1 aromatic rings. The topological polar surface area (TPSA) is 76.1 Å². The van der Waals surface area contributed by atoms with Crippen molar-refractivity contribution in [2.45, 2.75) is 56.4 Å². The number of ether oxygens (including phenoxy) is 2. The third kappa shape index (κ3) is 2.28. The number of nitrogens with zero attached hydrogens (tertiary/aromatic N) is 1. The molecule has 166 valence electrons. The highest BCUT2D eigenvalue weighted by Crippen LogP contribution is 2.85. The Kier molecular flexibility index (Phi) is 4.69. The Morgan fingerprint density at radius 1 is 1.32 bits per heavy atom. The summed E-state index contributed by atoms with van der Waals surface area (Å²) < 4.78 is 11.1. The first-order valence-corrected chi connectivity index (χ1v) is 11.5. The minimum Gasteiger partial charge on any atom is -0.497 e. The van der Waals surface area contributed by atoms with Crippen LogP contribution in [0.3, 0.4) is 0 Å². The van der Waals surface area contributed by atoms with Crippen molar-refractivity contribution in [1.82, 2.24) is 4.90 Å². The normalized spacial score (nSPS) is 38.8. The van der Waals surface area contributed by atoms with E-state index in [-0.39, 0.29) is 18.4 Å². The lowest BCUT2D eigenvalue weighted by molar-refractivity contribution is -0.212. The van der Waals surface area contributed by atoms with Crippen molar-refractivity contribution in [1.29, 1.82) is 0 Å². The number of rotatable bonds is 7. The number of allylic oxidation sites excluding steroid dienone is 1. The van der Waals surface area contributed by atoms with Crippen molar-refractivity contribution in [2.75, 3.05) is 13.0 Å². The van der Waals surface area contributed by atoms with Crippen LogP contribution in [0.1, 0.15) is 38.2 Å². The number of fused-ring (bicyclic) bond motifs is 1. The van der Waals surface area contributed by atoms with Gasteiger partial charge in [0.2, 0.25) is 5.91 Å². The van der Waals surface area contributed by atoms with Gasteiger partial charge >= 0.3 is 5.97 Å². The molecule has 2 saturated heterocycles. The van der Waals surface area contributed by atoms with Crippen LogP contribution in [0, 0.1) is 17.3 Å². The maximum atomic E-state index is 13.5. The first-order valence-electron chi connectivity index (χ1n) is 11.0. The standard InChI is InChI=1S/C24H28ClNO5/c1-22-18(12-13-25)20(28)26(14-15-8-10-17(30-2)11-9-15)23(22)21(29)31-24(22,23)19(27)16-6-4-3-5-7-16/h4,6,8-11,16,18-19,27H,3,5,7,12-14H2,1-2H3/t16?,18-,19-,22?,23?,24-/m0/s1. The van der Waals surface area contributed by atoms with Gasteiger partial charge in [-0.3, -0.25) is 4.79 Å². The third-order valence-electron chi connectivity index (χ3n) is 8.22. The van der Waals surface area contributed by atoms with Crippen molar-refractivity contribution in [3.63, 3.8) is 0 Å². The minimum atomic E-state index is -1.13. The zero-order valence-electron chi connectivity index (χ0n) is 17.8. The second kappa shape index (κ2) is 6.97. The zero-order chi connectivity index (χ0) is 22.0. The van der Waals surface area contributed by atoms with Crippen molar-refractivity contribution in [3.8, 4) is 5.75 Å². The third-order valence-corrected chi connectivity index (χ3v) is 8.44. The number of aliphatic hydroxyl groups excluding tert-OH is 1. The van der Waals surface area contributed by atoms with Gasteiger partial charge in [0.15, 0.2) is 11.1 Å². The van der Waals surface area contributed by atoms with E-state index in [1.165, 1.54) is 0 Å². The molecule has 31 heavy (non-hydrogen) atoms. The van der Waals surface area contributed by atoms with E-state index in [4.69, 9.17) is 21.1 Å². The van der Waals surface area contributed by atoms with Crippen LogP contribution in [0.2, 0.25) is 0 Å². The molecule has 7 heteroatoms. The van der Waals surface area contributed by atoms with Crippen LogP contribution in [0.25, 0.3) is 0 Å². The summed E-state index contributed by atoms with van der Waals surface area (Å²) in [5, 5.41) is 11.5. The summed E-state index contributed by atoms with van der Waals surface area (Å²) in [5.41, 5.74) is -2.09. The number of amides is 1. The number of halogens is 1. The lowest BCUT2D eigenvalue weighted by atomic mass is 9.78. The number of benzene rings is 1. The molecule has 1 amide bonds. The van der Waals surface area contributed by atoms with Gasteiger partial charge < -0.3 is 19.5 Å². The summed E-state index contributed by atoms with van der Waals surface area (Å²) >= 11 is 6.07. The van der Waals surface area contributed by atoms with Crippen LogP contribution in [-0.2, 0) is 20.9 Å². The van der Waals surface area contributed by atoms with E-state index in [1.54, 1.807) is 12.0 Å². The number of carbonyl (C=O) groups excluding carboxylic acids is 2. The molecule has 6 atom stereocenters. The van der Waals surface area contributed by atoms with Crippen LogP contribution in [-0.4, -0.2) is 52.1 Å². The molecule has 0 radical (unpaired) electrons. The number of likely N-dealkylation sites (tertiary alicyclic amines) is 1. The first kappa shape index (κ1) is 20.8. The van der Waals surface area contributed by atoms with E-state index in [0.717, 1.165) is 30.6 Å². The van der Waals surface area contributed by atoms with E-state index >= 15 is 0 Å². The highest BCUT2D eigenvalue weighted by atomic mass is 35.5. The summed E-state index contributed by atoms with van der Waals surface area (Å²) in [4.78, 5) is 28.2. The second-order valence-corrected chi connectivity index (χ2v) is 9.69. The quantitative estimate of drug-likeness (QED) is 0.396. The summed E-state index contributed by atoms with van der Waals surface area (Å²) in [7, 11) is 1.60. The molecular formula is C24H28ClNO5. The van der Waals surface area contributed by atoms with Crippen molar-refractivity contribution in [3.05, 3.63) is 42.0 Å². The largest absolute Gasteiger partial charge is 0.497 e. The summed E-state index contributed by atoms with van der Waals surface area (Å²) in [6.07, 6.45) is 6.54. The number of hydrogen-bond acceptors (Lipinski definition) is 5. The van der Waals surface area contributed by atoms with E-state index in [2.05, 4.69) is 6.08 Å². The van der Waals surface area contributed by atoms with Gasteiger partial charge in [0.05, 0.1) is 18.4 Å². The number of methoxy groups -OCH3 is 1. The van der Waals surface area contributed by atoms with Crippen molar-refractivity contribution < 1.29 is 24.2 Å². The molecule has 4 aliphatic rings. The Labute approximate surface area is 187 Å². The molecule has 3 fully saturated rings. The van der Waals surface area contributed by atoms with Gasteiger partial charge in [-0.2, -0.15) is 0 Å². The van der Waals surface area contributed by atoms with E-state index in [0.29, 0.717) is 12.3 Å². The van der Waals surface area contributed by atoms with Crippen LogP contribution in [0.15, 0.2) is 36.4 Å². The van der Waals surface area contributed by atoms with Gasteiger partial charge in [0.1, 0.15) is 11.9 Å². The van der Waals surface area contributed by atoms with Gasteiger partial charge in [0.25, 0.3) is 0 Å². The molecule has 1 aromatic carbocycles. The van der Waals surface area contributed by atoms with E-state index < -0.39 is 34.5 Å². The lowest BCUT2D eigenvalue weighted by Crippen LogP contribution is -2.66. The van der Waals surface area contributed by atoms with E-state index in [1.807, 2.05) is 37.3 Å².